The quantitative estimate of drug-likeness (QED) is 0.379. The smallest absolute Gasteiger partial charge is 0.172 e. The third-order valence-corrected chi connectivity index (χ3v) is 1.63. The van der Waals surface area contributed by atoms with Crippen LogP contribution < -0.4 is 0 Å². The summed E-state index contributed by atoms with van der Waals surface area (Å²) in [6.07, 6.45) is -4.74. The Hall–Kier alpha value is -0.670. The molecule has 1 saturated heterocycles. The van der Waals surface area contributed by atoms with Crippen molar-refractivity contribution >= 4 is 0 Å². The second-order valence-corrected chi connectivity index (χ2v) is 2.43. The van der Waals surface area contributed by atoms with Gasteiger partial charge in [-0.3, -0.25) is 0 Å². The van der Waals surface area contributed by atoms with Crippen molar-refractivity contribution in [2.75, 3.05) is 6.61 Å². The van der Waals surface area contributed by atoms with Gasteiger partial charge in [-0.2, -0.15) is 5.26 Å². The van der Waals surface area contributed by atoms with Crippen LogP contribution in [0.4, 0.5) is 0 Å². The highest BCUT2D eigenvalue weighted by atomic mass is 16.5. The summed E-state index contributed by atoms with van der Waals surface area (Å²) in [6.45, 7) is -0.115. The highest BCUT2D eigenvalue weighted by Crippen LogP contribution is 2.14. The molecule has 4 atom stereocenters. The van der Waals surface area contributed by atoms with Crippen molar-refractivity contribution in [2.45, 2.75) is 24.4 Å². The summed E-state index contributed by atoms with van der Waals surface area (Å²) in [4.78, 5) is 0. The molecule has 1 unspecified atom stereocenters. The normalized spacial score (nSPS) is 44.9. The summed E-state index contributed by atoms with van der Waals surface area (Å²) in [7, 11) is 0. The van der Waals surface area contributed by atoms with Gasteiger partial charge in [0, 0.05) is 0 Å². The van der Waals surface area contributed by atoms with Gasteiger partial charge in [-0.25, -0.2) is 0 Å². The molecule has 5 nitrogen and oxygen atoms in total. The van der Waals surface area contributed by atoms with E-state index in [1.54, 1.807) is 6.07 Å². The molecule has 1 aliphatic rings. The van der Waals surface area contributed by atoms with E-state index >= 15 is 0 Å². The average Bonchev–Trinajstić information content (AvgIpc) is 2.01. The number of rotatable bonds is 0. The fraction of sp³-hybridized carbons (Fsp3) is 0.833. The molecule has 0 spiro atoms. The number of nitriles is 1. The molecule has 0 saturated carbocycles. The van der Waals surface area contributed by atoms with Gasteiger partial charge in [0.25, 0.3) is 0 Å². The Morgan fingerprint density at radius 3 is 2.45 bits per heavy atom. The van der Waals surface area contributed by atoms with Crippen molar-refractivity contribution in [1.82, 2.24) is 0 Å². The van der Waals surface area contributed by atoms with E-state index < -0.39 is 24.4 Å². The summed E-state index contributed by atoms with van der Waals surface area (Å²) in [5.41, 5.74) is 0. The van der Waals surface area contributed by atoms with E-state index in [9.17, 15) is 0 Å². The molecule has 0 amide bonds. The Kier molecular flexibility index (Phi) is 2.42. The second kappa shape index (κ2) is 3.15. The maximum absolute atomic E-state index is 9.05. The second-order valence-electron chi connectivity index (χ2n) is 2.43. The van der Waals surface area contributed by atoms with Gasteiger partial charge in [0.1, 0.15) is 18.3 Å². The van der Waals surface area contributed by atoms with Gasteiger partial charge >= 0.3 is 0 Å². The van der Waals surface area contributed by atoms with E-state index in [-0.39, 0.29) is 6.61 Å². The predicted octanol–water partition coefficient (Wildman–Crippen LogP) is -2.01. The topological polar surface area (TPSA) is 93.7 Å². The van der Waals surface area contributed by atoms with Gasteiger partial charge in [0.15, 0.2) is 6.10 Å². The minimum atomic E-state index is -1.32. The number of aliphatic hydroxyl groups excluding tert-OH is 3. The summed E-state index contributed by atoms with van der Waals surface area (Å²) < 4.78 is 4.70. The van der Waals surface area contributed by atoms with E-state index in [0.717, 1.165) is 0 Å². The standard InChI is InChI=1S/C6H9NO4/c7-1-4-6(10)5(9)3(8)2-11-4/h3-6,8-10H,2H2/t3-,4?,5+,6+/m1/s1. The molecule has 0 bridgehead atoms. The number of hydrogen-bond donors (Lipinski definition) is 3. The summed E-state index contributed by atoms with van der Waals surface area (Å²) in [5, 5.41) is 35.3. The van der Waals surface area contributed by atoms with Crippen LogP contribution in [-0.4, -0.2) is 46.3 Å². The number of aliphatic hydroxyl groups is 3. The molecular weight excluding hydrogens is 150 g/mol. The minimum Gasteiger partial charge on any atom is -0.388 e. The third kappa shape index (κ3) is 1.49. The largest absolute Gasteiger partial charge is 0.388 e. The number of ether oxygens (including phenoxy) is 1. The molecule has 1 aliphatic heterocycles. The minimum absolute atomic E-state index is 0.115. The van der Waals surface area contributed by atoms with Gasteiger partial charge in [0.05, 0.1) is 12.7 Å². The first kappa shape index (κ1) is 8.43. The van der Waals surface area contributed by atoms with E-state index in [0.29, 0.717) is 0 Å². The van der Waals surface area contributed by atoms with Crippen molar-refractivity contribution in [3.05, 3.63) is 0 Å². The van der Waals surface area contributed by atoms with Crippen molar-refractivity contribution in [3.63, 3.8) is 0 Å². The Balaban J connectivity index is 2.61. The molecule has 0 radical (unpaired) electrons. The zero-order valence-corrected chi connectivity index (χ0v) is 5.71. The Morgan fingerprint density at radius 2 is 1.91 bits per heavy atom. The zero-order chi connectivity index (χ0) is 8.43. The lowest BCUT2D eigenvalue weighted by Gasteiger charge is -2.31. The first-order valence-electron chi connectivity index (χ1n) is 3.22. The van der Waals surface area contributed by atoms with Gasteiger partial charge in [-0.15, -0.1) is 0 Å². The van der Waals surface area contributed by atoms with E-state index in [2.05, 4.69) is 0 Å². The SMILES string of the molecule is N#CC1OC[C@@H](O)[C@H](O)[C@H]1O. The lowest BCUT2D eigenvalue weighted by atomic mass is 10.0. The predicted molar refractivity (Wildman–Crippen MR) is 33.4 cm³/mol. The van der Waals surface area contributed by atoms with Gasteiger partial charge in [-0.1, -0.05) is 0 Å². The monoisotopic (exact) mass is 159 g/mol. The molecule has 62 valence electrons. The molecule has 1 fully saturated rings. The molecule has 0 aliphatic carbocycles. The van der Waals surface area contributed by atoms with Crippen LogP contribution in [-0.2, 0) is 4.74 Å². The van der Waals surface area contributed by atoms with Crippen LogP contribution in [0, 0.1) is 11.3 Å². The van der Waals surface area contributed by atoms with Crippen molar-refractivity contribution in [3.8, 4) is 6.07 Å². The zero-order valence-electron chi connectivity index (χ0n) is 5.71. The van der Waals surface area contributed by atoms with Crippen molar-refractivity contribution in [1.29, 1.82) is 5.26 Å². The van der Waals surface area contributed by atoms with Crippen LogP contribution in [0.2, 0.25) is 0 Å². The summed E-state index contributed by atoms with van der Waals surface area (Å²) in [5.74, 6) is 0. The van der Waals surface area contributed by atoms with Crippen LogP contribution in [0.15, 0.2) is 0 Å². The van der Waals surface area contributed by atoms with Gasteiger partial charge in [0.2, 0.25) is 0 Å². The fourth-order valence-corrected chi connectivity index (χ4v) is 0.920. The molecule has 1 heterocycles. The highest BCUT2D eigenvalue weighted by molar-refractivity contribution is 4.98. The van der Waals surface area contributed by atoms with Crippen molar-refractivity contribution in [2.24, 2.45) is 0 Å². The third-order valence-electron chi connectivity index (χ3n) is 1.63. The number of hydrogen-bond acceptors (Lipinski definition) is 5. The van der Waals surface area contributed by atoms with E-state index in [1.165, 1.54) is 0 Å². The molecule has 1 rings (SSSR count). The molecular formula is C6H9NO4. The maximum Gasteiger partial charge on any atom is 0.172 e. The Labute approximate surface area is 63.4 Å². The number of nitrogens with zero attached hydrogens (tertiary/aromatic N) is 1. The van der Waals surface area contributed by atoms with Crippen molar-refractivity contribution < 1.29 is 20.1 Å². The summed E-state index contributed by atoms with van der Waals surface area (Å²) >= 11 is 0. The average molecular weight is 159 g/mol. The fourth-order valence-electron chi connectivity index (χ4n) is 0.920. The van der Waals surface area contributed by atoms with Crippen LogP contribution in [0.3, 0.4) is 0 Å². The Bertz CT molecular complexity index is 178. The van der Waals surface area contributed by atoms with Crippen LogP contribution in [0.1, 0.15) is 0 Å². The van der Waals surface area contributed by atoms with E-state index in [4.69, 9.17) is 25.3 Å². The molecule has 0 aromatic carbocycles. The van der Waals surface area contributed by atoms with Gasteiger partial charge < -0.3 is 20.1 Å². The van der Waals surface area contributed by atoms with E-state index in [1.807, 2.05) is 0 Å². The maximum atomic E-state index is 9.05. The Morgan fingerprint density at radius 1 is 1.27 bits per heavy atom. The lowest BCUT2D eigenvalue weighted by Crippen LogP contribution is -2.52. The van der Waals surface area contributed by atoms with Crippen LogP contribution in [0.25, 0.3) is 0 Å². The molecule has 3 N–H and O–H groups in total. The van der Waals surface area contributed by atoms with Crippen LogP contribution in [0.5, 0.6) is 0 Å². The molecule has 5 heteroatoms. The highest BCUT2D eigenvalue weighted by Gasteiger charge is 2.37. The molecule has 0 aromatic rings. The molecule has 0 aromatic heterocycles. The molecule has 11 heavy (non-hydrogen) atoms. The summed E-state index contributed by atoms with van der Waals surface area (Å²) in [6, 6.07) is 1.66. The first-order chi connectivity index (χ1) is 5.16. The first-order valence-corrected chi connectivity index (χ1v) is 3.22. The van der Waals surface area contributed by atoms with Gasteiger partial charge in [-0.05, 0) is 0 Å². The lowest BCUT2D eigenvalue weighted by molar-refractivity contribution is -0.171. The van der Waals surface area contributed by atoms with Crippen LogP contribution >= 0.6 is 0 Å².